The van der Waals surface area contributed by atoms with E-state index in [1.54, 1.807) is 29.4 Å². The minimum absolute atomic E-state index is 0.0667. The van der Waals surface area contributed by atoms with Crippen LogP contribution in [0.1, 0.15) is 30.9 Å². The van der Waals surface area contributed by atoms with Gasteiger partial charge in [-0.05, 0) is 68.0 Å². The maximum atomic E-state index is 13.0. The average Bonchev–Trinajstić information content (AvgIpc) is 2.90. The van der Waals surface area contributed by atoms with Gasteiger partial charge < -0.3 is 37.8 Å². The molecule has 12 heteroatoms. The number of carbonyl (C=O) groups is 3. The van der Waals surface area contributed by atoms with Crippen molar-refractivity contribution < 1.29 is 19.5 Å². The van der Waals surface area contributed by atoms with E-state index in [0.717, 1.165) is 11.1 Å². The molecule has 2 aromatic rings. The van der Waals surface area contributed by atoms with E-state index in [1.165, 1.54) is 12.1 Å². The van der Waals surface area contributed by atoms with Crippen LogP contribution in [-0.4, -0.2) is 76.9 Å². The monoisotopic (exact) mass is 526 g/mol. The molecule has 0 radical (unpaired) electrons. The summed E-state index contributed by atoms with van der Waals surface area (Å²) in [4.78, 5) is 48.0. The van der Waals surface area contributed by atoms with E-state index < -0.39 is 23.9 Å². The van der Waals surface area contributed by atoms with Crippen LogP contribution in [0.3, 0.4) is 0 Å². The number of nitrogens with one attached hydrogen (secondary N) is 2. The Balaban J connectivity index is 1.95. The Kier molecular flexibility index (Phi) is 12.5. The number of aromatic nitrogens is 1. The molecule has 12 nitrogen and oxygen atoms in total. The summed E-state index contributed by atoms with van der Waals surface area (Å²) < 4.78 is 0. The van der Waals surface area contributed by atoms with E-state index >= 15 is 0 Å². The molecule has 0 fully saturated rings. The largest absolute Gasteiger partial charge is 0.508 e. The third-order valence-electron chi connectivity index (χ3n) is 5.88. The number of aliphatic imine (C=N–C) groups is 1. The summed E-state index contributed by atoms with van der Waals surface area (Å²) in [5, 5.41) is 14.7. The summed E-state index contributed by atoms with van der Waals surface area (Å²) in [5.41, 5.74) is 18.6. The Hall–Kier alpha value is -4.19. The molecule has 0 saturated heterocycles. The average molecular weight is 527 g/mol. The number of benzene rings is 1. The summed E-state index contributed by atoms with van der Waals surface area (Å²) in [6.45, 7) is 2.93. The molecule has 2 rings (SSSR count). The molecule has 0 aliphatic heterocycles. The highest BCUT2D eigenvalue weighted by Gasteiger charge is 2.24. The molecule has 1 aromatic heterocycles. The summed E-state index contributed by atoms with van der Waals surface area (Å²) in [5.74, 6) is -1.21. The predicted molar refractivity (Wildman–Crippen MR) is 145 cm³/mol. The number of pyridine rings is 1. The minimum atomic E-state index is -0.928. The zero-order valence-electron chi connectivity index (χ0n) is 21.7. The summed E-state index contributed by atoms with van der Waals surface area (Å²) >= 11 is 0. The van der Waals surface area contributed by atoms with E-state index in [0.29, 0.717) is 25.9 Å². The van der Waals surface area contributed by atoms with E-state index in [4.69, 9.17) is 17.2 Å². The van der Waals surface area contributed by atoms with Crippen LogP contribution in [0.25, 0.3) is 0 Å². The van der Waals surface area contributed by atoms with Crippen molar-refractivity contribution in [3.05, 3.63) is 59.9 Å². The normalized spacial score (nSPS) is 12.2. The minimum Gasteiger partial charge on any atom is -0.508 e. The molecular weight excluding hydrogens is 488 g/mol. The van der Waals surface area contributed by atoms with Crippen molar-refractivity contribution >= 4 is 23.7 Å². The first-order valence-corrected chi connectivity index (χ1v) is 12.5. The zero-order valence-corrected chi connectivity index (χ0v) is 21.7. The summed E-state index contributed by atoms with van der Waals surface area (Å²) in [7, 11) is 0. The topological polar surface area (TPSA) is 202 Å². The molecule has 0 bridgehead atoms. The third kappa shape index (κ3) is 10.8. The van der Waals surface area contributed by atoms with Crippen molar-refractivity contribution in [2.24, 2.45) is 22.2 Å². The number of amides is 3. The number of rotatable bonds is 15. The number of nitrogens with two attached hydrogens (primary N) is 3. The fourth-order valence-corrected chi connectivity index (χ4v) is 3.70. The summed E-state index contributed by atoms with van der Waals surface area (Å²) in [6, 6.07) is 8.29. The Morgan fingerprint density at radius 3 is 2.37 bits per heavy atom. The first-order valence-electron chi connectivity index (χ1n) is 12.5. The molecule has 0 aliphatic rings. The van der Waals surface area contributed by atoms with Crippen LogP contribution in [0.2, 0.25) is 0 Å². The van der Waals surface area contributed by atoms with Gasteiger partial charge in [0.25, 0.3) is 0 Å². The van der Waals surface area contributed by atoms with Gasteiger partial charge in [-0.25, -0.2) is 0 Å². The third-order valence-corrected chi connectivity index (χ3v) is 5.88. The maximum absolute atomic E-state index is 13.0. The van der Waals surface area contributed by atoms with E-state index in [-0.39, 0.29) is 43.5 Å². The smallest absolute Gasteiger partial charge is 0.243 e. The van der Waals surface area contributed by atoms with E-state index in [1.807, 2.05) is 19.1 Å². The second kappa shape index (κ2) is 15.8. The molecule has 206 valence electrons. The molecule has 0 spiro atoms. The first-order chi connectivity index (χ1) is 18.2. The number of phenols is 1. The standard InChI is InChI=1S/C26H38N8O4/c1-2-34(15-11-18-9-13-30-14-10-18)23(36)17-32-25(38)22(4-3-12-31-26(28)29)33-24(37)21(27)16-19-5-7-20(35)8-6-19/h5-10,13-14,21-22,35H,2-4,11-12,15-17,27H2,1H3,(H,32,38)(H,33,37)(H4,28,29,31)/t21-,22+/m0/s1. The molecule has 0 saturated carbocycles. The lowest BCUT2D eigenvalue weighted by Crippen LogP contribution is -2.53. The van der Waals surface area contributed by atoms with Crippen molar-refractivity contribution in [3.63, 3.8) is 0 Å². The van der Waals surface area contributed by atoms with Gasteiger partial charge in [0.1, 0.15) is 11.8 Å². The predicted octanol–water partition coefficient (Wildman–Crippen LogP) is -0.597. The number of phenolic OH excluding ortho intramolecular Hbond substituents is 1. The number of likely N-dealkylation sites (N-methyl/N-ethyl adjacent to an activating group) is 1. The van der Waals surface area contributed by atoms with Gasteiger partial charge in [0, 0.05) is 32.0 Å². The van der Waals surface area contributed by atoms with Crippen LogP contribution in [0.15, 0.2) is 53.8 Å². The Morgan fingerprint density at radius 2 is 1.74 bits per heavy atom. The lowest BCUT2D eigenvalue weighted by molar-refractivity contribution is -0.134. The first kappa shape index (κ1) is 30.0. The molecule has 1 heterocycles. The number of carbonyl (C=O) groups excluding carboxylic acids is 3. The van der Waals surface area contributed by atoms with Crippen LogP contribution < -0.4 is 27.8 Å². The van der Waals surface area contributed by atoms with Gasteiger partial charge in [-0.2, -0.15) is 0 Å². The fourth-order valence-electron chi connectivity index (χ4n) is 3.70. The van der Waals surface area contributed by atoms with Crippen LogP contribution in [-0.2, 0) is 27.2 Å². The number of hydrogen-bond acceptors (Lipinski definition) is 7. The number of nitrogens with zero attached hydrogens (tertiary/aromatic N) is 3. The lowest BCUT2D eigenvalue weighted by Gasteiger charge is -2.23. The van der Waals surface area contributed by atoms with Gasteiger partial charge in [-0.15, -0.1) is 0 Å². The molecular formula is C26H38N8O4. The van der Waals surface area contributed by atoms with Crippen LogP contribution in [0, 0.1) is 0 Å². The van der Waals surface area contributed by atoms with E-state index in [9.17, 15) is 19.5 Å². The molecule has 3 amide bonds. The number of hydrogen-bond donors (Lipinski definition) is 6. The van der Waals surface area contributed by atoms with Crippen LogP contribution in [0.4, 0.5) is 0 Å². The van der Waals surface area contributed by atoms with Crippen LogP contribution >= 0.6 is 0 Å². The van der Waals surface area contributed by atoms with E-state index in [2.05, 4.69) is 20.6 Å². The van der Waals surface area contributed by atoms with Gasteiger partial charge in [-0.3, -0.25) is 24.4 Å². The number of guanidine groups is 1. The second-order valence-corrected chi connectivity index (χ2v) is 8.78. The highest BCUT2D eigenvalue weighted by Crippen LogP contribution is 2.11. The van der Waals surface area contributed by atoms with Gasteiger partial charge in [0.15, 0.2) is 5.96 Å². The molecule has 38 heavy (non-hydrogen) atoms. The van der Waals surface area contributed by atoms with Gasteiger partial charge in [0.2, 0.25) is 17.7 Å². The molecule has 0 unspecified atom stereocenters. The molecule has 2 atom stereocenters. The SMILES string of the molecule is CCN(CCc1ccncc1)C(=O)CNC(=O)[C@@H](CCCN=C(N)N)NC(=O)[C@@H](N)Cc1ccc(O)cc1. The Bertz CT molecular complexity index is 1060. The van der Waals surface area contributed by atoms with Crippen molar-refractivity contribution in [3.8, 4) is 5.75 Å². The molecule has 0 aliphatic carbocycles. The number of aromatic hydroxyl groups is 1. The highest BCUT2D eigenvalue weighted by molar-refractivity contribution is 5.91. The Morgan fingerprint density at radius 1 is 1.05 bits per heavy atom. The van der Waals surface area contributed by atoms with Crippen molar-refractivity contribution in [1.82, 2.24) is 20.5 Å². The molecule has 1 aromatic carbocycles. The highest BCUT2D eigenvalue weighted by atomic mass is 16.3. The van der Waals surface area contributed by atoms with Crippen molar-refractivity contribution in [1.29, 1.82) is 0 Å². The second-order valence-electron chi connectivity index (χ2n) is 8.78. The fraction of sp³-hybridized carbons (Fsp3) is 0.423. The molecule has 9 N–H and O–H groups in total. The Labute approximate surface area is 222 Å². The van der Waals surface area contributed by atoms with Gasteiger partial charge in [-0.1, -0.05) is 12.1 Å². The quantitative estimate of drug-likeness (QED) is 0.100. The van der Waals surface area contributed by atoms with Crippen LogP contribution in [0.5, 0.6) is 5.75 Å². The maximum Gasteiger partial charge on any atom is 0.243 e. The zero-order chi connectivity index (χ0) is 27.9. The summed E-state index contributed by atoms with van der Waals surface area (Å²) in [6.07, 6.45) is 4.95. The van der Waals surface area contributed by atoms with Crippen molar-refractivity contribution in [2.45, 2.75) is 44.7 Å². The van der Waals surface area contributed by atoms with Gasteiger partial charge >= 0.3 is 0 Å². The lowest BCUT2D eigenvalue weighted by atomic mass is 10.0. The van der Waals surface area contributed by atoms with Gasteiger partial charge in [0.05, 0.1) is 12.6 Å². The van der Waals surface area contributed by atoms with Crippen molar-refractivity contribution in [2.75, 3.05) is 26.2 Å².